The summed E-state index contributed by atoms with van der Waals surface area (Å²) < 4.78 is 6.59. The number of hydrogen-bond donors (Lipinski definition) is 0. The van der Waals surface area contributed by atoms with E-state index in [9.17, 15) is 0 Å². The van der Waals surface area contributed by atoms with Gasteiger partial charge in [-0.05, 0) is 36.8 Å². The van der Waals surface area contributed by atoms with Crippen molar-refractivity contribution in [2.75, 3.05) is 0 Å². The molecule has 0 saturated heterocycles. The minimum atomic E-state index is 0.648. The Hall–Kier alpha value is -3.02. The van der Waals surface area contributed by atoms with Crippen molar-refractivity contribution in [1.82, 2.24) is 8.94 Å². The molecule has 3 aromatic carbocycles. The van der Waals surface area contributed by atoms with E-state index >= 15 is 0 Å². The summed E-state index contributed by atoms with van der Waals surface area (Å²) in [4.78, 5) is 10.5. The van der Waals surface area contributed by atoms with Crippen LogP contribution in [0.15, 0.2) is 94.9 Å². The summed E-state index contributed by atoms with van der Waals surface area (Å²) in [5.74, 6) is 1.56. The zero-order valence-electron chi connectivity index (χ0n) is 15.9. The fourth-order valence-electron chi connectivity index (χ4n) is 2.88. The number of nitrogens with zero attached hydrogens (tertiary/aromatic N) is 4. The molecule has 0 spiro atoms. The van der Waals surface area contributed by atoms with Gasteiger partial charge in [-0.2, -0.15) is 9.37 Å². The maximum absolute atomic E-state index is 6.15. The number of para-hydroxylation sites is 1. The molecule has 0 saturated carbocycles. The molecular weight excluding hydrogens is 400 g/mol. The molecule has 0 amide bonds. The van der Waals surface area contributed by atoms with E-state index in [0.29, 0.717) is 12.4 Å². The smallest absolute Gasteiger partial charge is 0.211 e. The molecule has 0 aliphatic rings. The van der Waals surface area contributed by atoms with Crippen LogP contribution in [0.3, 0.4) is 0 Å². The first kappa shape index (κ1) is 19.3. The molecule has 4 nitrogen and oxygen atoms in total. The molecule has 4 aromatic rings. The Labute approximate surface area is 178 Å². The van der Waals surface area contributed by atoms with Crippen LogP contribution in [0.5, 0.6) is 0 Å². The van der Waals surface area contributed by atoms with Gasteiger partial charge in [0.1, 0.15) is 5.82 Å². The molecule has 0 aliphatic heterocycles. The summed E-state index contributed by atoms with van der Waals surface area (Å²) in [6.07, 6.45) is 0. The van der Waals surface area contributed by atoms with Crippen molar-refractivity contribution in [2.24, 2.45) is 9.98 Å². The molecule has 6 heteroatoms. The number of rotatable bonds is 4. The number of aliphatic imine (C=N–C) groups is 1. The molecule has 1 aromatic heterocycles. The zero-order valence-corrected chi connectivity index (χ0v) is 17.4. The van der Waals surface area contributed by atoms with Crippen LogP contribution in [0, 0.1) is 6.92 Å². The molecule has 0 bridgehead atoms. The van der Waals surface area contributed by atoms with Crippen LogP contribution in [-0.4, -0.2) is 14.8 Å². The first-order chi connectivity index (χ1) is 14.2. The molecule has 0 unspecified atom stereocenters. The molecule has 144 valence electrons. The summed E-state index contributed by atoms with van der Waals surface area (Å²) >= 11 is 7.52. The average Bonchev–Trinajstić information content (AvgIpc) is 3.08. The molecule has 0 aliphatic carbocycles. The van der Waals surface area contributed by atoms with E-state index in [4.69, 9.17) is 21.6 Å². The molecule has 0 radical (unpaired) electrons. The van der Waals surface area contributed by atoms with Gasteiger partial charge < -0.3 is 0 Å². The average molecular weight is 419 g/mol. The standard InChI is InChI=1S/C23H19ClN4S/c1-17-27-29-23(28(17)16-18-9-8-12-20(24)15-18)26-22(19-10-4-2-5-11-19)25-21-13-6-3-7-14-21/h2-15H,16H2,1H3. The third-order valence-corrected chi connectivity index (χ3v) is 5.40. The third-order valence-electron chi connectivity index (χ3n) is 4.34. The van der Waals surface area contributed by atoms with Crippen molar-refractivity contribution >= 4 is 34.7 Å². The normalized spacial score (nSPS) is 12.3. The number of hydrogen-bond acceptors (Lipinski definition) is 3. The Morgan fingerprint density at radius 2 is 1.69 bits per heavy atom. The summed E-state index contributed by atoms with van der Waals surface area (Å²) in [7, 11) is 0. The maximum atomic E-state index is 6.15. The van der Waals surface area contributed by atoms with Crippen LogP contribution in [0.1, 0.15) is 17.0 Å². The highest BCUT2D eigenvalue weighted by Gasteiger charge is 2.08. The maximum Gasteiger partial charge on any atom is 0.211 e. The SMILES string of the molecule is Cc1nsc(=NC(=Nc2ccccc2)c2ccccc2)n1Cc1cccc(Cl)c1. The van der Waals surface area contributed by atoms with Crippen molar-refractivity contribution in [3.63, 3.8) is 0 Å². The molecule has 0 N–H and O–H groups in total. The largest absolute Gasteiger partial charge is 0.299 e. The van der Waals surface area contributed by atoms with Crippen LogP contribution in [0.2, 0.25) is 5.02 Å². The van der Waals surface area contributed by atoms with Crippen LogP contribution in [0.25, 0.3) is 0 Å². The van der Waals surface area contributed by atoms with Crippen molar-refractivity contribution in [1.29, 1.82) is 0 Å². The lowest BCUT2D eigenvalue weighted by molar-refractivity contribution is 0.729. The second-order valence-electron chi connectivity index (χ2n) is 6.48. The van der Waals surface area contributed by atoms with Gasteiger partial charge >= 0.3 is 0 Å². The molecule has 29 heavy (non-hydrogen) atoms. The number of aryl methyl sites for hydroxylation is 1. The number of halogens is 1. The Kier molecular flexibility index (Phi) is 5.98. The molecule has 1 heterocycles. The first-order valence-electron chi connectivity index (χ1n) is 9.20. The number of benzene rings is 3. The molecule has 4 rings (SSSR count). The third kappa shape index (κ3) is 4.88. The first-order valence-corrected chi connectivity index (χ1v) is 10.4. The minimum Gasteiger partial charge on any atom is -0.299 e. The quantitative estimate of drug-likeness (QED) is 0.312. The van der Waals surface area contributed by atoms with Crippen molar-refractivity contribution < 1.29 is 0 Å². The lowest BCUT2D eigenvalue weighted by Crippen LogP contribution is -2.19. The zero-order chi connectivity index (χ0) is 20.1. The van der Waals surface area contributed by atoms with Crippen LogP contribution in [0.4, 0.5) is 5.69 Å². The van der Waals surface area contributed by atoms with Crippen LogP contribution >= 0.6 is 23.1 Å². The van der Waals surface area contributed by atoms with E-state index in [1.807, 2.05) is 85.8 Å². The Bertz CT molecular complexity index is 1190. The predicted molar refractivity (Wildman–Crippen MR) is 120 cm³/mol. The highest BCUT2D eigenvalue weighted by Crippen LogP contribution is 2.15. The Morgan fingerprint density at radius 3 is 2.41 bits per heavy atom. The second kappa shape index (κ2) is 8.99. The molecule has 0 atom stereocenters. The van der Waals surface area contributed by atoms with Gasteiger partial charge in [0.05, 0.1) is 12.2 Å². The van der Waals surface area contributed by atoms with Gasteiger partial charge in [0.15, 0.2) is 5.84 Å². The van der Waals surface area contributed by atoms with Crippen molar-refractivity contribution in [3.05, 3.63) is 112 Å². The Balaban J connectivity index is 1.80. The summed E-state index contributed by atoms with van der Waals surface area (Å²) in [5, 5.41) is 0.720. The van der Waals surface area contributed by atoms with Gasteiger partial charge in [0, 0.05) is 22.1 Å². The molecule has 0 fully saturated rings. The van der Waals surface area contributed by atoms with Gasteiger partial charge in [0.25, 0.3) is 0 Å². The summed E-state index contributed by atoms with van der Waals surface area (Å²) in [5.41, 5.74) is 2.91. The predicted octanol–water partition coefficient (Wildman–Crippen LogP) is 5.63. The number of aromatic nitrogens is 2. The monoisotopic (exact) mass is 418 g/mol. The van der Waals surface area contributed by atoms with E-state index in [1.54, 1.807) is 0 Å². The second-order valence-corrected chi connectivity index (χ2v) is 7.64. The van der Waals surface area contributed by atoms with E-state index in [2.05, 4.69) is 15.0 Å². The highest BCUT2D eigenvalue weighted by molar-refractivity contribution is 7.02. The Morgan fingerprint density at radius 1 is 0.966 bits per heavy atom. The van der Waals surface area contributed by atoms with Crippen LogP contribution in [-0.2, 0) is 6.54 Å². The lowest BCUT2D eigenvalue weighted by atomic mass is 10.2. The van der Waals surface area contributed by atoms with E-state index in [1.165, 1.54) is 11.5 Å². The minimum absolute atomic E-state index is 0.648. The van der Waals surface area contributed by atoms with Crippen LogP contribution < -0.4 is 4.80 Å². The van der Waals surface area contributed by atoms with E-state index in [-0.39, 0.29) is 0 Å². The fraction of sp³-hybridized carbons (Fsp3) is 0.0870. The topological polar surface area (TPSA) is 42.5 Å². The van der Waals surface area contributed by atoms with Crippen molar-refractivity contribution in [3.8, 4) is 0 Å². The van der Waals surface area contributed by atoms with E-state index < -0.39 is 0 Å². The number of amidine groups is 1. The fourth-order valence-corrected chi connectivity index (χ4v) is 3.83. The highest BCUT2D eigenvalue weighted by atomic mass is 35.5. The van der Waals surface area contributed by atoms with Crippen molar-refractivity contribution in [2.45, 2.75) is 13.5 Å². The lowest BCUT2D eigenvalue weighted by Gasteiger charge is -2.06. The van der Waals surface area contributed by atoms with E-state index in [0.717, 1.165) is 32.5 Å². The summed E-state index contributed by atoms with van der Waals surface area (Å²) in [6, 6.07) is 27.7. The van der Waals surface area contributed by atoms with Gasteiger partial charge in [-0.1, -0.05) is 72.3 Å². The van der Waals surface area contributed by atoms with Gasteiger partial charge in [0.2, 0.25) is 4.80 Å². The summed E-state index contributed by atoms with van der Waals surface area (Å²) in [6.45, 7) is 2.63. The molecular formula is C23H19ClN4S. The van der Waals surface area contributed by atoms with Gasteiger partial charge in [-0.25, -0.2) is 4.99 Å². The van der Waals surface area contributed by atoms with Gasteiger partial charge in [-0.3, -0.25) is 4.57 Å². The van der Waals surface area contributed by atoms with Gasteiger partial charge in [-0.15, -0.1) is 0 Å².